The Morgan fingerprint density at radius 1 is 1.00 bits per heavy atom. The van der Waals surface area contributed by atoms with Crippen molar-refractivity contribution >= 4 is 39.2 Å². The molecule has 1 aliphatic carbocycles. The maximum atomic E-state index is 13.1. The van der Waals surface area contributed by atoms with E-state index in [1.165, 1.54) is 22.5 Å². The fraction of sp³-hybridized carbons (Fsp3) is 0.348. The SMILES string of the molecule is O=C1COc2ccc(S(=O)(=O)N3CCN(C(=O)Nc4ccc(C(=O)NC5CC5)cc4)CC3)cc2N1. The summed E-state index contributed by atoms with van der Waals surface area (Å²) in [5.41, 5.74) is 1.39. The Balaban J connectivity index is 1.17. The number of hydrogen-bond donors (Lipinski definition) is 3. The lowest BCUT2D eigenvalue weighted by Crippen LogP contribution is -2.51. The molecule has 4 amide bonds. The highest BCUT2D eigenvalue weighted by molar-refractivity contribution is 7.89. The number of sulfonamides is 1. The zero-order valence-corrected chi connectivity index (χ0v) is 19.6. The zero-order chi connectivity index (χ0) is 24.6. The summed E-state index contributed by atoms with van der Waals surface area (Å²) in [6, 6.07) is 10.9. The fourth-order valence-electron chi connectivity index (χ4n) is 3.91. The first-order valence-electron chi connectivity index (χ1n) is 11.3. The number of amides is 4. The van der Waals surface area contributed by atoms with E-state index >= 15 is 0 Å². The summed E-state index contributed by atoms with van der Waals surface area (Å²) in [5, 5.41) is 8.31. The summed E-state index contributed by atoms with van der Waals surface area (Å²) < 4.78 is 32.8. The average Bonchev–Trinajstić information content (AvgIpc) is 3.68. The molecule has 12 heteroatoms. The number of nitrogens with zero attached hydrogens (tertiary/aromatic N) is 2. The molecule has 3 N–H and O–H groups in total. The molecule has 2 heterocycles. The van der Waals surface area contributed by atoms with Gasteiger partial charge < -0.3 is 25.6 Å². The van der Waals surface area contributed by atoms with Gasteiger partial charge in [-0.15, -0.1) is 0 Å². The summed E-state index contributed by atoms with van der Waals surface area (Å²) in [6.45, 7) is 0.602. The summed E-state index contributed by atoms with van der Waals surface area (Å²) >= 11 is 0. The molecule has 2 aromatic rings. The number of carbonyl (C=O) groups excluding carboxylic acids is 3. The molecule has 2 fully saturated rings. The largest absolute Gasteiger partial charge is 0.482 e. The molecule has 1 saturated carbocycles. The third-order valence-electron chi connectivity index (χ3n) is 6.06. The third kappa shape index (κ3) is 5.08. The van der Waals surface area contributed by atoms with E-state index in [1.54, 1.807) is 29.2 Å². The molecule has 0 unspecified atom stereocenters. The highest BCUT2D eigenvalue weighted by Gasteiger charge is 2.31. The number of rotatable bonds is 5. The summed E-state index contributed by atoms with van der Waals surface area (Å²) in [5.74, 6) is -0.0546. The lowest BCUT2D eigenvalue weighted by Gasteiger charge is -2.34. The van der Waals surface area contributed by atoms with Crippen molar-refractivity contribution in [2.45, 2.75) is 23.8 Å². The van der Waals surface area contributed by atoms with Crippen molar-refractivity contribution in [2.24, 2.45) is 0 Å². The maximum absolute atomic E-state index is 13.1. The summed E-state index contributed by atoms with van der Waals surface area (Å²) in [7, 11) is -3.81. The average molecular weight is 500 g/mol. The lowest BCUT2D eigenvalue weighted by atomic mass is 10.2. The second kappa shape index (κ2) is 9.19. The molecule has 2 aliphatic heterocycles. The minimum absolute atomic E-state index is 0.0470. The van der Waals surface area contributed by atoms with Crippen molar-refractivity contribution in [1.29, 1.82) is 0 Å². The van der Waals surface area contributed by atoms with Gasteiger partial charge in [-0.25, -0.2) is 13.2 Å². The first-order valence-corrected chi connectivity index (χ1v) is 12.8. The minimum atomic E-state index is -3.81. The van der Waals surface area contributed by atoms with Crippen molar-refractivity contribution in [3.05, 3.63) is 48.0 Å². The van der Waals surface area contributed by atoms with Gasteiger partial charge in [-0.05, 0) is 55.3 Å². The Labute approximate surface area is 202 Å². The predicted octanol–water partition coefficient (Wildman–Crippen LogP) is 1.45. The van der Waals surface area contributed by atoms with Crippen LogP contribution in [0.2, 0.25) is 0 Å². The van der Waals surface area contributed by atoms with E-state index in [0.29, 0.717) is 22.7 Å². The van der Waals surface area contributed by atoms with E-state index in [2.05, 4.69) is 16.0 Å². The van der Waals surface area contributed by atoms with Crippen LogP contribution in [0.1, 0.15) is 23.2 Å². The zero-order valence-electron chi connectivity index (χ0n) is 18.8. The van der Waals surface area contributed by atoms with Crippen molar-refractivity contribution < 1.29 is 27.5 Å². The smallest absolute Gasteiger partial charge is 0.321 e. The number of piperazine rings is 1. The van der Waals surface area contributed by atoms with Gasteiger partial charge in [0.15, 0.2) is 6.61 Å². The number of fused-ring (bicyclic) bond motifs is 1. The predicted molar refractivity (Wildman–Crippen MR) is 127 cm³/mol. The van der Waals surface area contributed by atoms with Crippen LogP contribution in [0.15, 0.2) is 47.4 Å². The van der Waals surface area contributed by atoms with Gasteiger partial charge in [-0.1, -0.05) is 0 Å². The van der Waals surface area contributed by atoms with Crippen LogP contribution in [0.25, 0.3) is 0 Å². The molecule has 0 bridgehead atoms. The molecule has 0 spiro atoms. The molecule has 0 radical (unpaired) electrons. The topological polar surface area (TPSA) is 137 Å². The maximum Gasteiger partial charge on any atom is 0.321 e. The number of carbonyl (C=O) groups is 3. The molecule has 35 heavy (non-hydrogen) atoms. The number of benzene rings is 2. The molecule has 2 aromatic carbocycles. The Hall–Kier alpha value is -3.64. The fourth-order valence-corrected chi connectivity index (χ4v) is 5.36. The first-order chi connectivity index (χ1) is 16.8. The van der Waals surface area contributed by atoms with Crippen LogP contribution in [0.3, 0.4) is 0 Å². The molecular formula is C23H25N5O6S. The first kappa shape index (κ1) is 23.1. The lowest BCUT2D eigenvalue weighted by molar-refractivity contribution is -0.118. The number of anilines is 2. The standard InChI is InChI=1S/C23H25N5O6S/c29-21-14-34-20-8-7-18(13-19(20)26-21)35(32,33)28-11-9-27(10-12-28)23(31)25-17-3-1-15(2-4-17)22(30)24-16-5-6-16/h1-4,7-8,13,16H,5-6,9-12,14H2,(H,24,30)(H,25,31)(H,26,29). The van der Waals surface area contributed by atoms with Crippen LogP contribution in [0.4, 0.5) is 16.2 Å². The molecule has 5 rings (SSSR count). The monoisotopic (exact) mass is 499 g/mol. The van der Waals surface area contributed by atoms with Crippen LogP contribution in [0, 0.1) is 0 Å². The third-order valence-corrected chi connectivity index (χ3v) is 7.95. The molecule has 184 valence electrons. The van der Waals surface area contributed by atoms with Gasteiger partial charge in [0, 0.05) is 43.5 Å². The van der Waals surface area contributed by atoms with Gasteiger partial charge >= 0.3 is 6.03 Å². The Morgan fingerprint density at radius 3 is 2.40 bits per heavy atom. The van der Waals surface area contributed by atoms with Crippen molar-refractivity contribution in [1.82, 2.24) is 14.5 Å². The van der Waals surface area contributed by atoms with Gasteiger partial charge in [0.2, 0.25) is 10.0 Å². The molecular weight excluding hydrogens is 474 g/mol. The Bertz CT molecular complexity index is 1270. The van der Waals surface area contributed by atoms with Gasteiger partial charge in [0.05, 0.1) is 10.6 Å². The number of nitrogens with one attached hydrogen (secondary N) is 3. The van der Waals surface area contributed by atoms with Crippen LogP contribution in [0.5, 0.6) is 5.75 Å². The van der Waals surface area contributed by atoms with Gasteiger partial charge in [-0.2, -0.15) is 4.31 Å². The quantitative estimate of drug-likeness (QED) is 0.570. The second-order valence-electron chi connectivity index (χ2n) is 8.64. The van der Waals surface area contributed by atoms with E-state index in [-0.39, 0.29) is 61.6 Å². The van der Waals surface area contributed by atoms with Crippen LogP contribution in [-0.2, 0) is 14.8 Å². The number of ether oxygens (including phenoxy) is 1. The summed E-state index contributed by atoms with van der Waals surface area (Å²) in [6.07, 6.45) is 2.02. The van der Waals surface area contributed by atoms with Gasteiger partial charge in [0.25, 0.3) is 11.8 Å². The van der Waals surface area contributed by atoms with Crippen LogP contribution in [-0.4, -0.2) is 74.3 Å². The van der Waals surface area contributed by atoms with E-state index in [9.17, 15) is 22.8 Å². The van der Waals surface area contributed by atoms with Gasteiger partial charge in [-0.3, -0.25) is 9.59 Å². The minimum Gasteiger partial charge on any atom is -0.482 e. The highest BCUT2D eigenvalue weighted by Crippen LogP contribution is 2.31. The van der Waals surface area contributed by atoms with Crippen molar-refractivity contribution in [2.75, 3.05) is 43.4 Å². The molecule has 3 aliphatic rings. The Kier molecular flexibility index (Phi) is 6.07. The van der Waals surface area contributed by atoms with E-state index in [0.717, 1.165) is 12.8 Å². The van der Waals surface area contributed by atoms with Crippen molar-refractivity contribution in [3.63, 3.8) is 0 Å². The van der Waals surface area contributed by atoms with Gasteiger partial charge in [0.1, 0.15) is 5.75 Å². The number of urea groups is 1. The van der Waals surface area contributed by atoms with E-state index in [1.807, 2.05) is 0 Å². The normalized spacial score (nSPS) is 18.2. The highest BCUT2D eigenvalue weighted by atomic mass is 32.2. The molecule has 1 saturated heterocycles. The van der Waals surface area contributed by atoms with E-state index < -0.39 is 10.0 Å². The van der Waals surface area contributed by atoms with E-state index in [4.69, 9.17) is 4.74 Å². The molecule has 0 atom stereocenters. The molecule has 0 aromatic heterocycles. The molecule has 11 nitrogen and oxygen atoms in total. The van der Waals surface area contributed by atoms with Crippen molar-refractivity contribution in [3.8, 4) is 5.75 Å². The number of hydrogen-bond acceptors (Lipinski definition) is 6. The van der Waals surface area contributed by atoms with Crippen LogP contribution < -0.4 is 20.7 Å². The Morgan fingerprint density at radius 2 is 1.71 bits per heavy atom. The second-order valence-corrected chi connectivity index (χ2v) is 10.6. The summed E-state index contributed by atoms with van der Waals surface area (Å²) in [4.78, 5) is 37.9. The van der Waals surface area contributed by atoms with Crippen LogP contribution >= 0.6 is 0 Å².